The molecule has 3 rings (SSSR count). The van der Waals surface area contributed by atoms with Gasteiger partial charge in [0, 0.05) is 17.5 Å². The molecular formula is C17H19ClN2. The lowest BCUT2D eigenvalue weighted by Gasteiger charge is -2.12. The maximum atomic E-state index is 5.92. The number of nitrogens with one attached hydrogen (secondary N) is 1. The van der Waals surface area contributed by atoms with Crippen molar-refractivity contribution in [1.82, 2.24) is 5.43 Å². The van der Waals surface area contributed by atoms with E-state index in [9.17, 15) is 0 Å². The molecule has 0 spiro atoms. The zero-order valence-electron chi connectivity index (χ0n) is 11.8. The van der Waals surface area contributed by atoms with E-state index in [0.29, 0.717) is 5.92 Å². The van der Waals surface area contributed by atoms with Gasteiger partial charge in [0.15, 0.2) is 0 Å². The summed E-state index contributed by atoms with van der Waals surface area (Å²) < 4.78 is 0. The van der Waals surface area contributed by atoms with Crippen molar-refractivity contribution < 1.29 is 0 Å². The van der Waals surface area contributed by atoms with Gasteiger partial charge in [-0.2, -0.15) is 5.10 Å². The second-order valence-corrected chi connectivity index (χ2v) is 4.77. The minimum absolute atomic E-state index is 0.312. The average molecular weight is 287 g/mol. The van der Waals surface area contributed by atoms with Gasteiger partial charge in [-0.1, -0.05) is 67.9 Å². The van der Waals surface area contributed by atoms with Crippen LogP contribution in [0, 0.1) is 0 Å². The van der Waals surface area contributed by atoms with Gasteiger partial charge in [0.2, 0.25) is 0 Å². The number of hydrogen-bond acceptors (Lipinski definition) is 2. The van der Waals surface area contributed by atoms with Crippen LogP contribution in [0.4, 0.5) is 0 Å². The summed E-state index contributed by atoms with van der Waals surface area (Å²) in [5.41, 5.74) is 6.58. The summed E-state index contributed by atoms with van der Waals surface area (Å²) in [5, 5.41) is 5.17. The Bertz CT molecular complexity index is 561. The molecule has 1 N–H and O–H groups in total. The molecule has 0 saturated heterocycles. The maximum Gasteiger partial charge on any atom is 0.0768 e. The molecular weight excluding hydrogens is 268 g/mol. The molecule has 0 aromatic heterocycles. The lowest BCUT2D eigenvalue weighted by Crippen LogP contribution is -2.14. The van der Waals surface area contributed by atoms with E-state index in [0.717, 1.165) is 22.8 Å². The molecule has 2 aromatic rings. The molecule has 2 aromatic carbocycles. The van der Waals surface area contributed by atoms with Crippen LogP contribution >= 0.6 is 11.6 Å². The molecule has 104 valence electrons. The van der Waals surface area contributed by atoms with E-state index < -0.39 is 0 Å². The molecule has 0 radical (unpaired) electrons. The normalized spacial score (nSPS) is 16.8. The quantitative estimate of drug-likeness (QED) is 0.866. The molecule has 2 nitrogen and oxygen atoms in total. The molecule has 1 heterocycles. The van der Waals surface area contributed by atoms with Crippen molar-refractivity contribution in [1.29, 1.82) is 0 Å². The Morgan fingerprint density at radius 1 is 1.00 bits per heavy atom. The number of hydrogen-bond donors (Lipinski definition) is 1. The van der Waals surface area contributed by atoms with Crippen molar-refractivity contribution >= 4 is 17.3 Å². The van der Waals surface area contributed by atoms with E-state index in [2.05, 4.69) is 34.8 Å². The fourth-order valence-electron chi connectivity index (χ4n) is 2.24. The van der Waals surface area contributed by atoms with Gasteiger partial charge in [0.05, 0.1) is 5.71 Å². The van der Waals surface area contributed by atoms with Gasteiger partial charge in [0.1, 0.15) is 0 Å². The first-order chi connectivity index (χ1) is 9.84. The molecule has 0 bridgehead atoms. The van der Waals surface area contributed by atoms with Crippen LogP contribution in [-0.4, -0.2) is 12.3 Å². The van der Waals surface area contributed by atoms with Crippen molar-refractivity contribution in [2.24, 2.45) is 5.10 Å². The number of rotatable bonds is 2. The molecule has 1 unspecified atom stereocenters. The van der Waals surface area contributed by atoms with Crippen LogP contribution in [0.2, 0.25) is 5.02 Å². The van der Waals surface area contributed by atoms with Crippen molar-refractivity contribution in [3.63, 3.8) is 0 Å². The minimum Gasteiger partial charge on any atom is -0.309 e. The molecule has 3 heteroatoms. The summed E-state index contributed by atoms with van der Waals surface area (Å²) in [6, 6.07) is 18.3. The smallest absolute Gasteiger partial charge is 0.0768 e. The number of halogens is 1. The van der Waals surface area contributed by atoms with Crippen LogP contribution in [0.25, 0.3) is 0 Å². The highest BCUT2D eigenvalue weighted by Gasteiger charge is 2.24. The highest BCUT2D eigenvalue weighted by molar-refractivity contribution is 6.30. The maximum absolute atomic E-state index is 5.92. The zero-order chi connectivity index (χ0) is 14.4. The third kappa shape index (κ3) is 3.20. The second-order valence-electron chi connectivity index (χ2n) is 4.33. The van der Waals surface area contributed by atoms with Crippen LogP contribution in [-0.2, 0) is 0 Å². The highest BCUT2D eigenvalue weighted by Crippen LogP contribution is 2.25. The summed E-state index contributed by atoms with van der Waals surface area (Å²) in [6.45, 7) is 4.85. The zero-order valence-corrected chi connectivity index (χ0v) is 12.6. The van der Waals surface area contributed by atoms with Crippen molar-refractivity contribution in [3.8, 4) is 0 Å². The van der Waals surface area contributed by atoms with E-state index in [4.69, 9.17) is 11.6 Å². The lowest BCUT2D eigenvalue weighted by molar-refractivity contribution is 0.763. The predicted octanol–water partition coefficient (Wildman–Crippen LogP) is 4.46. The summed E-state index contributed by atoms with van der Waals surface area (Å²) in [7, 11) is 0. The van der Waals surface area contributed by atoms with Crippen LogP contribution in [0.15, 0.2) is 59.7 Å². The first kappa shape index (κ1) is 14.6. The van der Waals surface area contributed by atoms with Gasteiger partial charge in [-0.25, -0.2) is 0 Å². The largest absolute Gasteiger partial charge is 0.309 e. The SMILES string of the molecule is CC.Clc1ccc(C2=NNCC2c2ccccc2)cc1. The van der Waals surface area contributed by atoms with E-state index in [1.54, 1.807) is 0 Å². The average Bonchev–Trinajstić information content (AvgIpc) is 3.00. The Morgan fingerprint density at radius 3 is 2.30 bits per heavy atom. The Labute approximate surface area is 125 Å². The first-order valence-electron chi connectivity index (χ1n) is 6.96. The van der Waals surface area contributed by atoms with Gasteiger partial charge in [-0.3, -0.25) is 0 Å². The third-order valence-electron chi connectivity index (χ3n) is 3.17. The van der Waals surface area contributed by atoms with E-state index >= 15 is 0 Å². The van der Waals surface area contributed by atoms with E-state index in [1.165, 1.54) is 5.56 Å². The van der Waals surface area contributed by atoms with Gasteiger partial charge in [-0.05, 0) is 23.3 Å². The molecule has 1 aliphatic heterocycles. The van der Waals surface area contributed by atoms with Crippen molar-refractivity contribution in [2.75, 3.05) is 6.54 Å². The molecule has 0 fully saturated rings. The van der Waals surface area contributed by atoms with Gasteiger partial charge in [0.25, 0.3) is 0 Å². The van der Waals surface area contributed by atoms with E-state index in [1.807, 2.05) is 44.2 Å². The summed E-state index contributed by atoms with van der Waals surface area (Å²) in [6.07, 6.45) is 0. The Balaban J connectivity index is 0.000000704. The molecule has 0 aliphatic carbocycles. The number of hydrazone groups is 1. The molecule has 0 amide bonds. The molecule has 1 aliphatic rings. The van der Waals surface area contributed by atoms with Gasteiger partial charge in [-0.15, -0.1) is 0 Å². The van der Waals surface area contributed by atoms with Crippen molar-refractivity contribution in [2.45, 2.75) is 19.8 Å². The fourth-order valence-corrected chi connectivity index (χ4v) is 2.37. The lowest BCUT2D eigenvalue weighted by atomic mass is 9.91. The third-order valence-corrected chi connectivity index (χ3v) is 3.42. The monoisotopic (exact) mass is 286 g/mol. The predicted molar refractivity (Wildman–Crippen MR) is 86.5 cm³/mol. The molecule has 1 atom stereocenters. The molecule has 0 saturated carbocycles. The minimum atomic E-state index is 0.312. The second kappa shape index (κ2) is 7.11. The molecule has 20 heavy (non-hydrogen) atoms. The summed E-state index contributed by atoms with van der Waals surface area (Å²) in [4.78, 5) is 0. The first-order valence-corrected chi connectivity index (χ1v) is 7.34. The summed E-state index contributed by atoms with van der Waals surface area (Å²) >= 11 is 5.92. The van der Waals surface area contributed by atoms with Crippen LogP contribution < -0.4 is 5.43 Å². The van der Waals surface area contributed by atoms with Gasteiger partial charge < -0.3 is 5.43 Å². The van der Waals surface area contributed by atoms with Crippen molar-refractivity contribution in [3.05, 3.63) is 70.7 Å². The Morgan fingerprint density at radius 2 is 1.65 bits per heavy atom. The number of nitrogens with zero attached hydrogens (tertiary/aromatic N) is 1. The van der Waals surface area contributed by atoms with E-state index in [-0.39, 0.29) is 0 Å². The fraction of sp³-hybridized carbons (Fsp3) is 0.235. The van der Waals surface area contributed by atoms with Crippen LogP contribution in [0.1, 0.15) is 30.9 Å². The highest BCUT2D eigenvalue weighted by atomic mass is 35.5. The van der Waals surface area contributed by atoms with Crippen LogP contribution in [0.5, 0.6) is 0 Å². The Hall–Kier alpha value is -1.80. The van der Waals surface area contributed by atoms with Gasteiger partial charge >= 0.3 is 0 Å². The standard InChI is InChI=1S/C15H13ClN2.C2H6/c16-13-8-6-12(7-9-13)15-14(10-17-18-15)11-4-2-1-3-5-11;1-2/h1-9,14,17H,10H2;1-2H3. The van der Waals surface area contributed by atoms with Crippen LogP contribution in [0.3, 0.4) is 0 Å². The number of benzene rings is 2. The Kier molecular flexibility index (Phi) is 5.19. The topological polar surface area (TPSA) is 24.4 Å². The summed E-state index contributed by atoms with van der Waals surface area (Å²) in [5.74, 6) is 0.312.